The molecule has 0 saturated heterocycles. The Kier molecular flexibility index (Phi) is 5.30. The summed E-state index contributed by atoms with van der Waals surface area (Å²) in [7, 11) is 0. The third-order valence-electron chi connectivity index (χ3n) is 3.85. The van der Waals surface area contributed by atoms with Crippen LogP contribution in [0.5, 0.6) is 0 Å². The normalized spacial score (nSPS) is 20.3. The van der Waals surface area contributed by atoms with Crippen LogP contribution >= 0.6 is 11.3 Å². The first kappa shape index (κ1) is 16.7. The summed E-state index contributed by atoms with van der Waals surface area (Å²) in [5.74, 6) is -0.375. The number of allylic oxidation sites excluding steroid dienone is 1. The van der Waals surface area contributed by atoms with Gasteiger partial charge in [0.15, 0.2) is 5.76 Å². The number of rotatable bonds is 6. The maximum absolute atomic E-state index is 11.5. The highest BCUT2D eigenvalue weighted by Crippen LogP contribution is 2.33. The predicted octanol–water partition coefficient (Wildman–Crippen LogP) is 2.66. The molecule has 1 aromatic carbocycles. The number of carbonyl (C=O) groups is 1. The van der Waals surface area contributed by atoms with Crippen LogP contribution in [0.4, 0.5) is 0 Å². The zero-order chi connectivity index (χ0) is 16.9. The molecule has 0 aliphatic carbocycles. The van der Waals surface area contributed by atoms with E-state index in [0.29, 0.717) is 13.0 Å². The zero-order valence-electron chi connectivity index (χ0n) is 13.1. The van der Waals surface area contributed by atoms with Crippen molar-refractivity contribution >= 4 is 17.2 Å². The van der Waals surface area contributed by atoms with Crippen LogP contribution < -0.4 is 5.73 Å². The number of aliphatic hydroxyl groups is 1. The van der Waals surface area contributed by atoms with Crippen LogP contribution in [-0.2, 0) is 27.5 Å². The van der Waals surface area contributed by atoms with Crippen LogP contribution in [0.1, 0.15) is 28.3 Å². The van der Waals surface area contributed by atoms with Crippen molar-refractivity contribution in [3.05, 3.63) is 69.6 Å². The number of nitrogens with two attached hydrogens (primary N) is 1. The quantitative estimate of drug-likeness (QED) is 0.843. The number of hydrogen-bond acceptors (Lipinski definition) is 5. The Balaban J connectivity index is 1.66. The molecule has 6 heteroatoms. The van der Waals surface area contributed by atoms with Gasteiger partial charge in [0.25, 0.3) is 5.91 Å². The van der Waals surface area contributed by atoms with Gasteiger partial charge in [-0.05, 0) is 28.6 Å². The van der Waals surface area contributed by atoms with E-state index < -0.39 is 12.2 Å². The molecule has 0 saturated carbocycles. The lowest BCUT2D eigenvalue weighted by molar-refractivity contribution is -0.148. The third kappa shape index (κ3) is 4.03. The first-order valence-corrected chi connectivity index (χ1v) is 8.55. The maximum atomic E-state index is 11.5. The molecule has 0 unspecified atom stereocenters. The van der Waals surface area contributed by atoms with E-state index in [0.717, 1.165) is 16.0 Å². The predicted molar refractivity (Wildman–Crippen MR) is 91.0 cm³/mol. The number of amides is 1. The molecule has 0 spiro atoms. The van der Waals surface area contributed by atoms with Crippen molar-refractivity contribution in [3.8, 4) is 0 Å². The monoisotopic (exact) mass is 345 g/mol. The largest absolute Gasteiger partial charge is 0.459 e. The Morgan fingerprint density at radius 2 is 2.04 bits per heavy atom. The highest BCUT2D eigenvalue weighted by Gasteiger charge is 2.28. The average Bonchev–Trinajstić information content (AvgIpc) is 3.15. The Morgan fingerprint density at radius 3 is 2.67 bits per heavy atom. The minimum Gasteiger partial charge on any atom is -0.459 e. The van der Waals surface area contributed by atoms with Crippen molar-refractivity contribution in [2.24, 2.45) is 5.73 Å². The first-order valence-electron chi connectivity index (χ1n) is 7.67. The van der Waals surface area contributed by atoms with E-state index in [-0.39, 0.29) is 18.3 Å². The summed E-state index contributed by atoms with van der Waals surface area (Å²) in [4.78, 5) is 12.7. The maximum Gasteiger partial charge on any atom is 0.283 e. The molecule has 2 atom stereocenters. The van der Waals surface area contributed by atoms with Crippen molar-refractivity contribution < 1.29 is 19.4 Å². The second kappa shape index (κ2) is 7.61. The number of aliphatic hydroxyl groups excluding tert-OH is 1. The summed E-state index contributed by atoms with van der Waals surface area (Å²) in [6.07, 6.45) is 1.87. The summed E-state index contributed by atoms with van der Waals surface area (Å²) in [6.45, 7) is 0.377. The first-order chi connectivity index (χ1) is 11.7. The molecule has 1 aliphatic heterocycles. The number of primary amides is 1. The fourth-order valence-electron chi connectivity index (χ4n) is 2.56. The molecule has 1 aliphatic rings. The minimum absolute atomic E-state index is 0.0160. The van der Waals surface area contributed by atoms with Crippen LogP contribution in [0.3, 0.4) is 0 Å². The fraction of sp³-hybridized carbons (Fsp3) is 0.278. The lowest BCUT2D eigenvalue weighted by Crippen LogP contribution is -2.29. The molecule has 3 N–H and O–H groups in total. The van der Waals surface area contributed by atoms with E-state index in [2.05, 4.69) is 0 Å². The van der Waals surface area contributed by atoms with E-state index in [1.807, 2.05) is 41.8 Å². The Bertz CT molecular complexity index is 709. The Hall–Kier alpha value is -2.15. The van der Waals surface area contributed by atoms with Crippen molar-refractivity contribution in [1.82, 2.24) is 0 Å². The van der Waals surface area contributed by atoms with E-state index in [1.54, 1.807) is 17.4 Å². The zero-order valence-corrected chi connectivity index (χ0v) is 13.9. The molecule has 1 aromatic heterocycles. The highest BCUT2D eigenvalue weighted by atomic mass is 32.1. The Labute approximate surface area is 144 Å². The molecule has 0 fully saturated rings. The van der Waals surface area contributed by atoms with Gasteiger partial charge in [0.05, 0.1) is 13.2 Å². The number of benzene rings is 1. The van der Waals surface area contributed by atoms with Crippen LogP contribution in [0.2, 0.25) is 0 Å². The van der Waals surface area contributed by atoms with Crippen LogP contribution in [-0.4, -0.2) is 17.3 Å². The van der Waals surface area contributed by atoms with Crippen molar-refractivity contribution in [2.75, 3.05) is 0 Å². The number of ether oxygens (including phenoxy) is 2. The average molecular weight is 345 g/mol. The van der Waals surface area contributed by atoms with Gasteiger partial charge in [0, 0.05) is 17.2 Å². The molecule has 0 radical (unpaired) electrons. The van der Waals surface area contributed by atoms with Gasteiger partial charge in [-0.3, -0.25) is 4.79 Å². The molecule has 24 heavy (non-hydrogen) atoms. The molecule has 126 valence electrons. The standard InChI is InChI=1S/C18H19NO4S/c19-18(21)15-8-14(16-2-1-7-24-16)9-17(23-15)22-11-13-5-3-12(10-20)4-6-13/h1-8,14,17,20H,9-11H2,(H2,19,21)/t14-,17+/m0/s1. The summed E-state index contributed by atoms with van der Waals surface area (Å²) < 4.78 is 11.4. The summed E-state index contributed by atoms with van der Waals surface area (Å²) in [5.41, 5.74) is 7.20. The summed E-state index contributed by atoms with van der Waals surface area (Å²) in [6, 6.07) is 11.5. The molecule has 5 nitrogen and oxygen atoms in total. The topological polar surface area (TPSA) is 81.8 Å². The second-order valence-electron chi connectivity index (χ2n) is 5.59. The van der Waals surface area contributed by atoms with E-state index >= 15 is 0 Å². The van der Waals surface area contributed by atoms with Crippen LogP contribution in [0.15, 0.2) is 53.6 Å². The second-order valence-corrected chi connectivity index (χ2v) is 6.57. The fourth-order valence-corrected chi connectivity index (χ4v) is 3.37. The van der Waals surface area contributed by atoms with E-state index in [1.165, 1.54) is 0 Å². The van der Waals surface area contributed by atoms with E-state index in [9.17, 15) is 4.79 Å². The van der Waals surface area contributed by atoms with Crippen molar-refractivity contribution in [1.29, 1.82) is 0 Å². The van der Waals surface area contributed by atoms with Gasteiger partial charge >= 0.3 is 0 Å². The minimum atomic E-state index is -0.586. The number of hydrogen-bond donors (Lipinski definition) is 2. The number of carbonyl (C=O) groups excluding carboxylic acids is 1. The van der Waals surface area contributed by atoms with Gasteiger partial charge in [-0.15, -0.1) is 11.3 Å². The van der Waals surface area contributed by atoms with Crippen LogP contribution in [0, 0.1) is 0 Å². The summed E-state index contributed by atoms with van der Waals surface area (Å²) >= 11 is 1.63. The SMILES string of the molecule is NC(=O)C1=C[C@H](c2cccs2)C[C@H](OCc2ccc(CO)cc2)O1. The lowest BCUT2D eigenvalue weighted by Gasteiger charge is -2.28. The molecular formula is C18H19NO4S. The van der Waals surface area contributed by atoms with Gasteiger partial charge in [-0.1, -0.05) is 30.3 Å². The van der Waals surface area contributed by atoms with Crippen molar-refractivity contribution in [2.45, 2.75) is 31.8 Å². The van der Waals surface area contributed by atoms with E-state index in [4.69, 9.17) is 20.3 Å². The summed E-state index contributed by atoms with van der Waals surface area (Å²) in [5, 5.41) is 11.1. The molecule has 2 aromatic rings. The number of thiophene rings is 1. The Morgan fingerprint density at radius 1 is 1.29 bits per heavy atom. The molecule has 1 amide bonds. The molecule has 0 bridgehead atoms. The lowest BCUT2D eigenvalue weighted by atomic mass is 10.00. The van der Waals surface area contributed by atoms with Crippen LogP contribution in [0.25, 0.3) is 0 Å². The molecule has 3 rings (SSSR count). The van der Waals surface area contributed by atoms with Crippen molar-refractivity contribution in [3.63, 3.8) is 0 Å². The van der Waals surface area contributed by atoms with Gasteiger partial charge < -0.3 is 20.3 Å². The van der Waals surface area contributed by atoms with Gasteiger partial charge in [-0.25, -0.2) is 0 Å². The van der Waals surface area contributed by atoms with Gasteiger partial charge in [0.2, 0.25) is 6.29 Å². The molecular weight excluding hydrogens is 326 g/mol. The third-order valence-corrected chi connectivity index (χ3v) is 4.85. The smallest absolute Gasteiger partial charge is 0.283 e. The molecule has 2 heterocycles. The van der Waals surface area contributed by atoms with Gasteiger partial charge in [-0.2, -0.15) is 0 Å². The van der Waals surface area contributed by atoms with Gasteiger partial charge in [0.1, 0.15) is 0 Å². The highest BCUT2D eigenvalue weighted by molar-refractivity contribution is 7.10.